The lowest BCUT2D eigenvalue weighted by atomic mass is 10.1. The fraction of sp³-hybridized carbons (Fsp3) is 0.721. The highest BCUT2D eigenvalue weighted by Gasteiger charge is 2.21. The van der Waals surface area contributed by atoms with Crippen LogP contribution in [0.5, 0.6) is 0 Å². The molecule has 9 nitrogen and oxygen atoms in total. The molecule has 0 N–H and O–H groups in total. The Morgan fingerprint density at radius 2 is 1.08 bits per heavy atom. The minimum Gasteiger partial charge on any atom is -0.756 e. The van der Waals surface area contributed by atoms with Crippen LogP contribution >= 0.6 is 7.82 Å². The quantitative estimate of drug-likeness (QED) is 0.0204. The Hall–Kier alpha value is -2.29. The number of carbonyl (C=O) groups is 2. The number of hydrogen-bond acceptors (Lipinski definition) is 8. The third kappa shape index (κ3) is 39.2. The van der Waals surface area contributed by atoms with E-state index in [2.05, 4.69) is 74.6 Å². The lowest BCUT2D eigenvalue weighted by Crippen LogP contribution is -2.37. The van der Waals surface area contributed by atoms with E-state index < -0.39 is 32.5 Å². The summed E-state index contributed by atoms with van der Waals surface area (Å²) in [4.78, 5) is 37.4. The molecule has 0 saturated heterocycles. The summed E-state index contributed by atoms with van der Waals surface area (Å²) >= 11 is 0. The molecule has 306 valence electrons. The number of unbranched alkanes of at least 4 members (excludes halogenated alkanes) is 12. The second-order valence-electron chi connectivity index (χ2n) is 14.6. The first kappa shape index (κ1) is 50.7. The molecule has 0 aromatic carbocycles. The number of esters is 2. The van der Waals surface area contributed by atoms with Gasteiger partial charge in [0.15, 0.2) is 6.10 Å². The van der Waals surface area contributed by atoms with E-state index >= 15 is 0 Å². The van der Waals surface area contributed by atoms with Crippen LogP contribution in [0.15, 0.2) is 60.8 Å². The summed E-state index contributed by atoms with van der Waals surface area (Å²) in [6.45, 7) is 4.01. The Kier molecular flexibility index (Phi) is 33.9. The maximum Gasteiger partial charge on any atom is 0.306 e. The molecule has 0 spiro atoms. The summed E-state index contributed by atoms with van der Waals surface area (Å²) in [7, 11) is 1.13. The topological polar surface area (TPSA) is 111 Å². The van der Waals surface area contributed by atoms with E-state index in [1.807, 2.05) is 21.1 Å². The fourth-order valence-corrected chi connectivity index (χ4v) is 5.76. The average Bonchev–Trinajstić information content (AvgIpc) is 3.10. The molecule has 0 aliphatic heterocycles. The van der Waals surface area contributed by atoms with E-state index in [0.29, 0.717) is 23.9 Å². The van der Waals surface area contributed by atoms with Gasteiger partial charge < -0.3 is 27.9 Å². The molecular weight excluding hydrogens is 689 g/mol. The zero-order valence-electron chi connectivity index (χ0n) is 34.2. The van der Waals surface area contributed by atoms with E-state index in [1.54, 1.807) is 0 Å². The van der Waals surface area contributed by atoms with Gasteiger partial charge >= 0.3 is 11.9 Å². The van der Waals surface area contributed by atoms with Gasteiger partial charge in [-0.05, 0) is 70.6 Å². The lowest BCUT2D eigenvalue weighted by molar-refractivity contribution is -0.870. The van der Waals surface area contributed by atoms with Crippen molar-refractivity contribution in [3.63, 3.8) is 0 Å². The molecule has 0 fully saturated rings. The van der Waals surface area contributed by atoms with E-state index in [4.69, 9.17) is 18.5 Å². The molecule has 0 heterocycles. The number of rotatable bonds is 36. The number of ether oxygens (including phenoxy) is 2. The molecule has 0 aliphatic carbocycles. The van der Waals surface area contributed by atoms with Crippen molar-refractivity contribution < 1.29 is 42.1 Å². The predicted octanol–water partition coefficient (Wildman–Crippen LogP) is 10.7. The summed E-state index contributed by atoms with van der Waals surface area (Å²) in [6.07, 6.45) is 41.0. The highest BCUT2D eigenvalue weighted by Crippen LogP contribution is 2.38. The molecule has 53 heavy (non-hydrogen) atoms. The van der Waals surface area contributed by atoms with Crippen molar-refractivity contribution in [3.05, 3.63) is 60.8 Å². The summed E-state index contributed by atoms with van der Waals surface area (Å²) in [5.74, 6) is -0.877. The molecule has 0 aromatic heterocycles. The molecule has 0 amide bonds. The first-order chi connectivity index (χ1) is 25.5. The zero-order valence-corrected chi connectivity index (χ0v) is 35.1. The SMILES string of the molecule is CC/C=C\C/C=C\C/C=C\CCCCCCCC(=O)OC(COC(=O)CCCCCCC/C=C\C/C=C\CCCC)COP(=O)([O-])OCC[N+](C)(C)C. The Morgan fingerprint density at radius 1 is 0.604 bits per heavy atom. The summed E-state index contributed by atoms with van der Waals surface area (Å²) in [5.41, 5.74) is 0. The van der Waals surface area contributed by atoms with Gasteiger partial charge in [0.05, 0.1) is 27.7 Å². The number of hydrogen-bond donors (Lipinski definition) is 0. The standard InChI is InChI=1S/C43H76NO8P/c1-6-8-10-12-14-16-18-20-22-24-26-28-30-32-34-36-43(46)52-41(40-51-53(47,48)50-38-37-44(3,4)5)39-49-42(45)35-33-31-29-27-25-23-21-19-17-15-13-11-9-7-2/h8,10,13-16,19-22,41H,6-7,9,11-12,17-18,23-40H2,1-5H3/b10-8-,15-13-,16-14-,21-19-,22-20-. The number of allylic oxidation sites excluding steroid dienone is 10. The first-order valence-corrected chi connectivity index (χ1v) is 22.0. The van der Waals surface area contributed by atoms with Crippen molar-refractivity contribution in [2.45, 2.75) is 155 Å². The number of likely N-dealkylation sites (N-methyl/N-ethyl adjacent to an activating group) is 1. The van der Waals surface area contributed by atoms with Gasteiger partial charge in [-0.1, -0.05) is 126 Å². The molecule has 2 unspecified atom stereocenters. The van der Waals surface area contributed by atoms with E-state index in [0.717, 1.165) is 96.3 Å². The largest absolute Gasteiger partial charge is 0.756 e. The van der Waals surface area contributed by atoms with Crippen LogP contribution in [0, 0.1) is 0 Å². The van der Waals surface area contributed by atoms with Gasteiger partial charge in [-0.15, -0.1) is 0 Å². The highest BCUT2D eigenvalue weighted by molar-refractivity contribution is 7.45. The first-order valence-electron chi connectivity index (χ1n) is 20.5. The number of phosphoric acid groups is 1. The molecule has 0 saturated carbocycles. The number of carbonyl (C=O) groups excluding carboxylic acids is 2. The van der Waals surface area contributed by atoms with Crippen molar-refractivity contribution >= 4 is 19.8 Å². The Morgan fingerprint density at radius 3 is 1.60 bits per heavy atom. The Balaban J connectivity index is 4.47. The smallest absolute Gasteiger partial charge is 0.306 e. The molecule has 0 radical (unpaired) electrons. The summed E-state index contributed by atoms with van der Waals surface area (Å²) in [5, 5.41) is 0. The van der Waals surface area contributed by atoms with E-state index in [-0.39, 0.29) is 26.1 Å². The van der Waals surface area contributed by atoms with Crippen molar-refractivity contribution in [1.29, 1.82) is 0 Å². The minimum absolute atomic E-state index is 0.0396. The second kappa shape index (κ2) is 35.4. The molecule has 0 rings (SSSR count). The average molecular weight is 766 g/mol. The number of quaternary nitrogens is 1. The number of nitrogens with zero attached hydrogens (tertiary/aromatic N) is 1. The van der Waals surface area contributed by atoms with Crippen LogP contribution < -0.4 is 4.89 Å². The fourth-order valence-electron chi connectivity index (χ4n) is 5.04. The normalized spacial score (nSPS) is 14.3. The Labute approximate surface area is 324 Å². The molecule has 0 aromatic rings. The highest BCUT2D eigenvalue weighted by atomic mass is 31.2. The molecule has 0 aliphatic rings. The van der Waals surface area contributed by atoms with Gasteiger partial charge in [0.1, 0.15) is 19.8 Å². The molecular formula is C43H76NO8P. The van der Waals surface area contributed by atoms with Gasteiger partial charge in [-0.3, -0.25) is 14.2 Å². The monoisotopic (exact) mass is 766 g/mol. The maximum atomic E-state index is 12.6. The van der Waals surface area contributed by atoms with Crippen LogP contribution in [0.3, 0.4) is 0 Å². The van der Waals surface area contributed by atoms with Gasteiger partial charge in [-0.2, -0.15) is 0 Å². The van der Waals surface area contributed by atoms with Crippen LogP contribution in [0.2, 0.25) is 0 Å². The Bertz CT molecular complexity index is 1090. The van der Waals surface area contributed by atoms with Crippen molar-refractivity contribution in [2.24, 2.45) is 0 Å². The van der Waals surface area contributed by atoms with Gasteiger partial charge in [0.2, 0.25) is 0 Å². The number of phosphoric ester groups is 1. The zero-order chi connectivity index (χ0) is 39.3. The minimum atomic E-state index is -4.63. The third-order valence-electron chi connectivity index (χ3n) is 8.27. The van der Waals surface area contributed by atoms with Crippen LogP contribution in [-0.4, -0.2) is 70.0 Å². The summed E-state index contributed by atoms with van der Waals surface area (Å²) < 4.78 is 33.8. The van der Waals surface area contributed by atoms with Crippen molar-refractivity contribution in [3.8, 4) is 0 Å². The van der Waals surface area contributed by atoms with Crippen LogP contribution in [0.1, 0.15) is 149 Å². The lowest BCUT2D eigenvalue weighted by Gasteiger charge is -2.28. The van der Waals surface area contributed by atoms with Crippen LogP contribution in [0.4, 0.5) is 0 Å². The van der Waals surface area contributed by atoms with Crippen molar-refractivity contribution in [1.82, 2.24) is 0 Å². The molecule has 10 heteroatoms. The van der Waals surface area contributed by atoms with Crippen LogP contribution in [0.25, 0.3) is 0 Å². The van der Waals surface area contributed by atoms with Gasteiger partial charge in [0, 0.05) is 12.8 Å². The maximum absolute atomic E-state index is 12.6. The van der Waals surface area contributed by atoms with Gasteiger partial charge in [-0.25, -0.2) is 0 Å². The van der Waals surface area contributed by atoms with E-state index in [1.165, 1.54) is 12.8 Å². The second-order valence-corrected chi connectivity index (χ2v) is 16.0. The van der Waals surface area contributed by atoms with Crippen LogP contribution in [-0.2, 0) is 32.7 Å². The third-order valence-corrected chi connectivity index (χ3v) is 9.24. The summed E-state index contributed by atoms with van der Waals surface area (Å²) in [6, 6.07) is 0. The van der Waals surface area contributed by atoms with E-state index in [9.17, 15) is 19.0 Å². The predicted molar refractivity (Wildman–Crippen MR) is 217 cm³/mol. The van der Waals surface area contributed by atoms with Gasteiger partial charge in [0.25, 0.3) is 7.82 Å². The molecule has 0 bridgehead atoms. The molecule has 2 atom stereocenters. The van der Waals surface area contributed by atoms with Crippen molar-refractivity contribution in [2.75, 3.05) is 47.5 Å².